The van der Waals surface area contributed by atoms with E-state index in [1.165, 1.54) is 6.21 Å². The predicted octanol–water partition coefficient (Wildman–Crippen LogP) is 3.16. The van der Waals surface area contributed by atoms with Crippen molar-refractivity contribution in [2.24, 2.45) is 5.10 Å². The van der Waals surface area contributed by atoms with E-state index >= 15 is 0 Å². The molecular weight excluding hydrogens is 302 g/mol. The first-order valence-corrected chi connectivity index (χ1v) is 7.57. The molecule has 2 heterocycles. The fraction of sp³-hybridized carbons (Fsp3) is 0.0556. The number of hydrogen-bond donors (Lipinski definition) is 3. The number of nitrogens with one attached hydrogen (secondary N) is 3. The Morgan fingerprint density at radius 2 is 2.00 bits per heavy atom. The van der Waals surface area contributed by atoms with E-state index < -0.39 is 0 Å². The number of aromatic nitrogens is 3. The highest BCUT2D eigenvalue weighted by atomic mass is 16.1. The minimum absolute atomic E-state index is 0.174. The van der Waals surface area contributed by atoms with Gasteiger partial charge in [0.25, 0.3) is 5.56 Å². The van der Waals surface area contributed by atoms with Gasteiger partial charge in [-0.1, -0.05) is 30.3 Å². The molecule has 0 unspecified atom stereocenters. The van der Waals surface area contributed by atoms with Crippen molar-refractivity contribution >= 4 is 34.1 Å². The number of pyridine rings is 1. The lowest BCUT2D eigenvalue weighted by Crippen LogP contribution is -2.12. The van der Waals surface area contributed by atoms with Crippen molar-refractivity contribution in [2.75, 3.05) is 5.43 Å². The summed E-state index contributed by atoms with van der Waals surface area (Å²) >= 11 is 0. The number of para-hydroxylation sites is 3. The Morgan fingerprint density at radius 1 is 1.12 bits per heavy atom. The summed E-state index contributed by atoms with van der Waals surface area (Å²) in [6.45, 7) is 1.97. The minimum Gasteiger partial charge on any atom is -0.323 e. The van der Waals surface area contributed by atoms with E-state index in [1.54, 1.807) is 0 Å². The van der Waals surface area contributed by atoms with Gasteiger partial charge in [0, 0.05) is 0 Å². The van der Waals surface area contributed by atoms with Crippen LogP contribution in [-0.4, -0.2) is 21.2 Å². The maximum Gasteiger partial charge on any atom is 0.257 e. The number of imidazole rings is 1. The van der Waals surface area contributed by atoms with E-state index in [9.17, 15) is 4.79 Å². The summed E-state index contributed by atoms with van der Waals surface area (Å²) in [7, 11) is 0. The SMILES string of the molecule is Cc1cccc2cc(/C=N\Nc3nc4ccccc4[nH]3)c(=O)[nH]c12. The zero-order valence-corrected chi connectivity index (χ0v) is 13.0. The molecule has 4 aromatic rings. The summed E-state index contributed by atoms with van der Waals surface area (Å²) in [6.07, 6.45) is 1.49. The molecule has 0 radical (unpaired) electrons. The molecule has 118 valence electrons. The first-order chi connectivity index (χ1) is 11.7. The molecule has 0 bridgehead atoms. The van der Waals surface area contributed by atoms with Crippen molar-refractivity contribution in [1.29, 1.82) is 0 Å². The third-order valence-corrected chi connectivity index (χ3v) is 3.88. The topological polar surface area (TPSA) is 85.9 Å². The van der Waals surface area contributed by atoms with Gasteiger partial charge in [-0.3, -0.25) is 4.79 Å². The molecule has 0 amide bonds. The average molecular weight is 317 g/mol. The van der Waals surface area contributed by atoms with Crippen molar-refractivity contribution < 1.29 is 0 Å². The number of aromatic amines is 2. The first kappa shape index (κ1) is 14.2. The van der Waals surface area contributed by atoms with Gasteiger partial charge >= 0.3 is 0 Å². The number of nitrogens with zero attached hydrogens (tertiary/aromatic N) is 2. The molecule has 2 aromatic carbocycles. The summed E-state index contributed by atoms with van der Waals surface area (Å²) < 4.78 is 0. The molecular formula is C18H15N5O. The molecule has 6 nitrogen and oxygen atoms in total. The maximum atomic E-state index is 12.2. The zero-order chi connectivity index (χ0) is 16.5. The average Bonchev–Trinajstić information content (AvgIpc) is 2.99. The third kappa shape index (κ3) is 2.54. The van der Waals surface area contributed by atoms with Crippen LogP contribution < -0.4 is 11.0 Å². The van der Waals surface area contributed by atoms with Crippen molar-refractivity contribution in [3.8, 4) is 0 Å². The zero-order valence-electron chi connectivity index (χ0n) is 13.0. The van der Waals surface area contributed by atoms with Crippen molar-refractivity contribution in [3.63, 3.8) is 0 Å². The molecule has 0 spiro atoms. The van der Waals surface area contributed by atoms with Crippen LogP contribution in [0.15, 0.2) is 58.4 Å². The van der Waals surface area contributed by atoms with Crippen molar-refractivity contribution in [3.05, 3.63) is 70.0 Å². The number of hydrazone groups is 1. The second kappa shape index (κ2) is 5.66. The molecule has 0 saturated heterocycles. The van der Waals surface area contributed by atoms with Gasteiger partial charge in [-0.25, -0.2) is 10.4 Å². The Morgan fingerprint density at radius 3 is 2.88 bits per heavy atom. The van der Waals surface area contributed by atoms with Gasteiger partial charge in [-0.15, -0.1) is 0 Å². The third-order valence-electron chi connectivity index (χ3n) is 3.88. The number of aryl methyl sites for hydroxylation is 1. The van der Waals surface area contributed by atoms with Gasteiger partial charge < -0.3 is 9.97 Å². The van der Waals surface area contributed by atoms with Gasteiger partial charge in [0.1, 0.15) is 0 Å². The second-order valence-corrected chi connectivity index (χ2v) is 5.57. The van der Waals surface area contributed by atoms with E-state index in [1.807, 2.05) is 55.5 Å². The van der Waals surface area contributed by atoms with E-state index in [4.69, 9.17) is 0 Å². The normalized spacial score (nSPS) is 11.5. The Bertz CT molecular complexity index is 1090. The molecule has 3 N–H and O–H groups in total. The fourth-order valence-corrected chi connectivity index (χ4v) is 2.66. The predicted molar refractivity (Wildman–Crippen MR) is 96.6 cm³/mol. The molecule has 24 heavy (non-hydrogen) atoms. The Balaban J connectivity index is 1.62. The monoisotopic (exact) mass is 317 g/mol. The molecule has 0 aliphatic heterocycles. The lowest BCUT2D eigenvalue weighted by atomic mass is 10.1. The van der Waals surface area contributed by atoms with Gasteiger partial charge in [-0.2, -0.15) is 5.10 Å². The standard InChI is InChI=1S/C18H15N5O/c1-11-5-4-6-12-9-13(17(24)22-16(11)12)10-19-23-18-20-14-7-2-3-8-15(14)21-18/h2-10H,1H3,(H,22,24)(H2,20,21,23)/b19-10-. The van der Waals surface area contributed by atoms with E-state index in [-0.39, 0.29) is 5.56 Å². The molecule has 0 atom stereocenters. The molecule has 2 aromatic heterocycles. The van der Waals surface area contributed by atoms with Crippen LogP contribution in [0.4, 0.5) is 5.95 Å². The van der Waals surface area contributed by atoms with Gasteiger partial charge in [-0.05, 0) is 36.1 Å². The van der Waals surface area contributed by atoms with Crippen LogP contribution in [0, 0.1) is 6.92 Å². The van der Waals surface area contributed by atoms with Gasteiger partial charge in [0.15, 0.2) is 0 Å². The maximum absolute atomic E-state index is 12.2. The van der Waals surface area contributed by atoms with Crippen LogP contribution in [0.3, 0.4) is 0 Å². The van der Waals surface area contributed by atoms with E-state index in [2.05, 4.69) is 25.5 Å². The molecule has 0 fully saturated rings. The van der Waals surface area contributed by atoms with E-state index in [0.717, 1.165) is 27.5 Å². The summed E-state index contributed by atoms with van der Waals surface area (Å²) in [5.41, 5.74) is 6.80. The van der Waals surface area contributed by atoms with Crippen LogP contribution in [0.2, 0.25) is 0 Å². The highest BCUT2D eigenvalue weighted by Gasteiger charge is 2.03. The number of fused-ring (bicyclic) bond motifs is 2. The van der Waals surface area contributed by atoms with E-state index in [0.29, 0.717) is 11.5 Å². The molecule has 0 aliphatic carbocycles. The van der Waals surface area contributed by atoms with Gasteiger partial charge in [0.2, 0.25) is 5.95 Å². The molecule has 6 heteroatoms. The van der Waals surface area contributed by atoms with Crippen LogP contribution >= 0.6 is 0 Å². The number of hydrogen-bond acceptors (Lipinski definition) is 4. The first-order valence-electron chi connectivity index (χ1n) is 7.57. The largest absolute Gasteiger partial charge is 0.323 e. The van der Waals surface area contributed by atoms with Crippen LogP contribution in [-0.2, 0) is 0 Å². The summed E-state index contributed by atoms with van der Waals surface area (Å²) in [5.74, 6) is 0.528. The minimum atomic E-state index is -0.174. The lowest BCUT2D eigenvalue weighted by molar-refractivity contribution is 1.21. The van der Waals surface area contributed by atoms with Crippen molar-refractivity contribution in [2.45, 2.75) is 6.92 Å². The highest BCUT2D eigenvalue weighted by Crippen LogP contribution is 2.15. The quantitative estimate of drug-likeness (QED) is 0.401. The van der Waals surface area contributed by atoms with Crippen LogP contribution in [0.25, 0.3) is 21.9 Å². The molecule has 0 saturated carbocycles. The lowest BCUT2D eigenvalue weighted by Gasteiger charge is -2.02. The second-order valence-electron chi connectivity index (χ2n) is 5.57. The summed E-state index contributed by atoms with van der Waals surface area (Å²) in [5, 5.41) is 5.08. The summed E-state index contributed by atoms with van der Waals surface area (Å²) in [4.78, 5) is 22.5. The smallest absolute Gasteiger partial charge is 0.257 e. The molecule has 4 rings (SSSR count). The van der Waals surface area contributed by atoms with Crippen LogP contribution in [0.5, 0.6) is 0 Å². The number of anilines is 1. The summed E-state index contributed by atoms with van der Waals surface area (Å²) in [6, 6.07) is 15.4. The highest BCUT2D eigenvalue weighted by molar-refractivity contribution is 5.89. The number of rotatable bonds is 3. The molecule has 0 aliphatic rings. The fourth-order valence-electron chi connectivity index (χ4n) is 2.66. The van der Waals surface area contributed by atoms with Crippen LogP contribution in [0.1, 0.15) is 11.1 Å². The van der Waals surface area contributed by atoms with Crippen molar-refractivity contribution in [1.82, 2.24) is 15.0 Å². The Kier molecular flexibility index (Phi) is 3.35. The number of H-pyrrole nitrogens is 2. The Hall–Kier alpha value is -3.41. The van der Waals surface area contributed by atoms with Gasteiger partial charge in [0.05, 0.1) is 28.3 Å². The Labute approximate surface area is 137 Å². The number of benzene rings is 2.